The molecule has 3 heterocycles. The number of nitrogens with one attached hydrogen (secondary N) is 1. The number of esters is 1. The molecule has 1 N–H and O–H groups in total. The Hall–Kier alpha value is -3.50. The van der Waals surface area contributed by atoms with E-state index in [0.29, 0.717) is 6.54 Å². The molecule has 3 aromatic rings. The van der Waals surface area contributed by atoms with E-state index in [0.717, 1.165) is 21.3 Å². The summed E-state index contributed by atoms with van der Waals surface area (Å²) in [5.74, 6) is -0.931. The number of nitrogens with zero attached hydrogens (tertiary/aromatic N) is 3. The van der Waals surface area contributed by atoms with Crippen LogP contribution in [-0.2, 0) is 32.2 Å². The van der Waals surface area contributed by atoms with Crippen molar-refractivity contribution in [1.29, 1.82) is 0 Å². The maximum Gasteiger partial charge on any atom is 0.325 e. The normalized spacial score (nSPS) is 15.0. The van der Waals surface area contributed by atoms with Crippen LogP contribution in [0.15, 0.2) is 53.7 Å². The summed E-state index contributed by atoms with van der Waals surface area (Å²) < 4.78 is 6.60. The number of thiocarbonyl (C=S) groups is 1. The van der Waals surface area contributed by atoms with Gasteiger partial charge in [-0.1, -0.05) is 24.3 Å². The third-order valence-corrected chi connectivity index (χ3v) is 6.68. The van der Waals surface area contributed by atoms with E-state index in [-0.39, 0.29) is 35.7 Å². The zero-order valence-corrected chi connectivity index (χ0v) is 19.7. The smallest absolute Gasteiger partial charge is 0.325 e. The van der Waals surface area contributed by atoms with Gasteiger partial charge in [0.2, 0.25) is 5.91 Å². The summed E-state index contributed by atoms with van der Waals surface area (Å²) in [6.07, 6.45) is 3.52. The van der Waals surface area contributed by atoms with Crippen LogP contribution >= 0.6 is 23.6 Å². The van der Waals surface area contributed by atoms with Crippen LogP contribution in [0.3, 0.4) is 0 Å². The fourth-order valence-electron chi connectivity index (χ4n) is 3.62. The number of hydrogen-bond donors (Lipinski definition) is 1. The number of para-hydroxylation sites is 1. The lowest BCUT2D eigenvalue weighted by Gasteiger charge is -2.16. The highest BCUT2D eigenvalue weighted by atomic mass is 32.1. The number of amides is 2. The lowest BCUT2D eigenvalue weighted by molar-refractivity contribution is -0.140. The van der Waals surface area contributed by atoms with Gasteiger partial charge in [-0.05, 0) is 35.8 Å². The first-order chi connectivity index (χ1) is 15.9. The van der Waals surface area contributed by atoms with Gasteiger partial charge in [0.1, 0.15) is 18.8 Å². The van der Waals surface area contributed by atoms with Gasteiger partial charge in [-0.25, -0.2) is 0 Å². The molecule has 0 aliphatic carbocycles. The second-order valence-corrected chi connectivity index (χ2v) is 8.82. The second-order valence-electron chi connectivity index (χ2n) is 7.42. The van der Waals surface area contributed by atoms with E-state index in [1.54, 1.807) is 24.5 Å². The highest BCUT2D eigenvalue weighted by Gasteiger charge is 2.37. The zero-order chi connectivity index (χ0) is 23.5. The average molecular weight is 483 g/mol. The molecular formula is C23H22N4O4S2. The maximum atomic E-state index is 12.8. The minimum atomic E-state index is -0.504. The summed E-state index contributed by atoms with van der Waals surface area (Å²) in [6, 6.07) is 11.6. The Morgan fingerprint density at radius 2 is 1.97 bits per heavy atom. The largest absolute Gasteiger partial charge is 0.468 e. The van der Waals surface area contributed by atoms with E-state index in [2.05, 4.69) is 5.32 Å². The zero-order valence-electron chi connectivity index (χ0n) is 18.1. The van der Waals surface area contributed by atoms with Crippen LogP contribution in [0.5, 0.6) is 0 Å². The van der Waals surface area contributed by atoms with E-state index in [9.17, 15) is 14.4 Å². The van der Waals surface area contributed by atoms with Crippen molar-refractivity contribution in [2.24, 2.45) is 0 Å². The summed E-state index contributed by atoms with van der Waals surface area (Å²) in [5, 5.41) is 6.01. The van der Waals surface area contributed by atoms with Gasteiger partial charge in [0.15, 0.2) is 5.11 Å². The molecule has 33 heavy (non-hydrogen) atoms. The molecule has 170 valence electrons. The predicted octanol–water partition coefficient (Wildman–Crippen LogP) is 2.59. The van der Waals surface area contributed by atoms with Crippen molar-refractivity contribution in [1.82, 2.24) is 19.7 Å². The monoisotopic (exact) mass is 482 g/mol. The molecule has 10 heteroatoms. The maximum absolute atomic E-state index is 12.8. The molecule has 1 aromatic carbocycles. The SMILES string of the molecule is COC(=O)CN1C(=S)N(C)C(=O)/C1=C/c1cn(CC(=O)NCc2cccs2)c2ccccc12. The first-order valence-electron chi connectivity index (χ1n) is 10.1. The molecule has 0 atom stereocenters. The Morgan fingerprint density at radius 1 is 1.18 bits per heavy atom. The van der Waals surface area contributed by atoms with Crippen molar-refractivity contribution in [3.05, 3.63) is 64.1 Å². The number of hydrogen-bond acceptors (Lipinski definition) is 6. The summed E-state index contributed by atoms with van der Waals surface area (Å²) in [6.45, 7) is 0.446. The number of carbonyl (C=O) groups excluding carboxylic acids is 3. The Bertz CT molecular complexity index is 1260. The second kappa shape index (κ2) is 9.55. The molecule has 4 rings (SSSR count). The van der Waals surface area contributed by atoms with E-state index < -0.39 is 5.97 Å². The average Bonchev–Trinajstić information content (AvgIpc) is 3.50. The first kappa shape index (κ1) is 22.7. The third kappa shape index (κ3) is 4.67. The van der Waals surface area contributed by atoms with E-state index in [1.165, 1.54) is 16.9 Å². The molecule has 0 saturated carbocycles. The van der Waals surface area contributed by atoms with Crippen molar-refractivity contribution in [2.75, 3.05) is 20.7 Å². The minimum Gasteiger partial charge on any atom is -0.468 e. The Morgan fingerprint density at radius 3 is 2.70 bits per heavy atom. The number of rotatable bonds is 7. The summed E-state index contributed by atoms with van der Waals surface area (Å²) in [4.78, 5) is 41.1. The number of thiophene rings is 1. The Labute approximate surface area is 200 Å². The van der Waals surface area contributed by atoms with Gasteiger partial charge in [-0.2, -0.15) is 0 Å². The summed E-state index contributed by atoms with van der Waals surface area (Å²) in [5.41, 5.74) is 1.88. The number of carbonyl (C=O) groups is 3. The minimum absolute atomic E-state index is 0.117. The number of ether oxygens (including phenoxy) is 1. The molecular weight excluding hydrogens is 460 g/mol. The van der Waals surface area contributed by atoms with E-state index in [1.807, 2.05) is 52.5 Å². The van der Waals surface area contributed by atoms with Crippen LogP contribution in [0.4, 0.5) is 0 Å². The highest BCUT2D eigenvalue weighted by molar-refractivity contribution is 7.80. The number of benzene rings is 1. The van der Waals surface area contributed by atoms with E-state index in [4.69, 9.17) is 17.0 Å². The van der Waals surface area contributed by atoms with Gasteiger partial charge in [-0.15, -0.1) is 11.3 Å². The quantitative estimate of drug-likeness (QED) is 0.317. The number of aromatic nitrogens is 1. The lowest BCUT2D eigenvalue weighted by Crippen LogP contribution is -2.33. The molecule has 8 nitrogen and oxygen atoms in total. The molecule has 1 aliphatic rings. The van der Waals surface area contributed by atoms with Gasteiger partial charge >= 0.3 is 5.97 Å². The molecule has 0 spiro atoms. The van der Waals surface area contributed by atoms with Crippen molar-refractivity contribution in [3.63, 3.8) is 0 Å². The Balaban J connectivity index is 1.64. The van der Waals surface area contributed by atoms with Gasteiger partial charge in [-0.3, -0.25) is 19.3 Å². The van der Waals surface area contributed by atoms with Crippen molar-refractivity contribution >= 4 is 63.4 Å². The molecule has 0 radical (unpaired) electrons. The van der Waals surface area contributed by atoms with Gasteiger partial charge in [0, 0.05) is 34.6 Å². The molecule has 0 unspecified atom stereocenters. The molecule has 2 aromatic heterocycles. The van der Waals surface area contributed by atoms with Crippen LogP contribution in [-0.4, -0.2) is 58.0 Å². The van der Waals surface area contributed by atoms with Crippen LogP contribution in [0.2, 0.25) is 0 Å². The third-order valence-electron chi connectivity index (χ3n) is 5.31. The van der Waals surface area contributed by atoms with Crippen LogP contribution in [0, 0.1) is 0 Å². The molecule has 0 bridgehead atoms. The van der Waals surface area contributed by atoms with Gasteiger partial charge < -0.3 is 19.5 Å². The van der Waals surface area contributed by atoms with Gasteiger partial charge in [0.05, 0.1) is 13.7 Å². The van der Waals surface area contributed by atoms with Crippen LogP contribution in [0.1, 0.15) is 10.4 Å². The van der Waals surface area contributed by atoms with Crippen molar-refractivity contribution in [3.8, 4) is 0 Å². The molecule has 1 saturated heterocycles. The molecule has 1 fully saturated rings. The fourth-order valence-corrected chi connectivity index (χ4v) is 4.51. The van der Waals surface area contributed by atoms with Crippen molar-refractivity contribution in [2.45, 2.75) is 13.1 Å². The molecule has 2 amide bonds. The van der Waals surface area contributed by atoms with Crippen LogP contribution in [0.25, 0.3) is 17.0 Å². The topological polar surface area (TPSA) is 83.9 Å². The fraction of sp³-hybridized carbons (Fsp3) is 0.217. The molecule has 1 aliphatic heterocycles. The van der Waals surface area contributed by atoms with Crippen molar-refractivity contribution < 1.29 is 19.1 Å². The number of likely N-dealkylation sites (N-methyl/N-ethyl adjacent to an activating group) is 1. The summed E-state index contributed by atoms with van der Waals surface area (Å²) in [7, 11) is 2.85. The predicted molar refractivity (Wildman–Crippen MR) is 130 cm³/mol. The highest BCUT2D eigenvalue weighted by Crippen LogP contribution is 2.28. The number of fused-ring (bicyclic) bond motifs is 1. The lowest BCUT2D eigenvalue weighted by atomic mass is 10.1. The standard InChI is InChI=1S/C23H22N4O4S2/c1-25-22(30)19(27(23(25)32)14-21(29)31-2)10-15-12-26(18-8-4-3-7-17(15)18)13-20(28)24-11-16-6-5-9-33-16/h3-10,12H,11,13-14H2,1-2H3,(H,24,28)/b19-10-. The summed E-state index contributed by atoms with van der Waals surface area (Å²) >= 11 is 6.93. The Kier molecular flexibility index (Phi) is 6.57. The number of methoxy groups -OCH3 is 1. The first-order valence-corrected chi connectivity index (χ1v) is 11.4. The van der Waals surface area contributed by atoms with Gasteiger partial charge in [0.25, 0.3) is 5.91 Å². The van der Waals surface area contributed by atoms with E-state index >= 15 is 0 Å². The van der Waals surface area contributed by atoms with Crippen LogP contribution < -0.4 is 5.32 Å².